The molecule has 0 radical (unpaired) electrons. The molecule has 6 nitrogen and oxygen atoms in total. The number of carbonyl (C=O) groups is 2. The Hall–Kier alpha value is -3.06. The maximum Gasteiger partial charge on any atom is 0.240 e. The Labute approximate surface area is 186 Å². The lowest BCUT2D eigenvalue weighted by Gasteiger charge is -2.27. The summed E-state index contributed by atoms with van der Waals surface area (Å²) in [5, 5.41) is 8.59. The SMILES string of the molecule is Cc1nn(-c2ccccc2)c2c1N(CC(=O)NC(C)CCc1ccccc1)C(=O)CS2. The Morgan fingerprint density at radius 1 is 1.13 bits per heavy atom. The van der Waals surface area contributed by atoms with Crippen molar-refractivity contribution in [1.29, 1.82) is 0 Å². The number of anilines is 1. The van der Waals surface area contributed by atoms with Crippen molar-refractivity contribution in [3.05, 3.63) is 71.9 Å². The summed E-state index contributed by atoms with van der Waals surface area (Å²) < 4.78 is 1.86. The van der Waals surface area contributed by atoms with Gasteiger partial charge in [0.05, 0.1) is 22.8 Å². The Kier molecular flexibility index (Phi) is 6.42. The molecular weight excluding hydrogens is 408 g/mol. The van der Waals surface area contributed by atoms with E-state index in [4.69, 9.17) is 0 Å². The van der Waals surface area contributed by atoms with Crippen LogP contribution in [0, 0.1) is 6.92 Å². The highest BCUT2D eigenvalue weighted by Crippen LogP contribution is 2.39. The van der Waals surface area contributed by atoms with Crippen molar-refractivity contribution in [3.63, 3.8) is 0 Å². The second-order valence-electron chi connectivity index (χ2n) is 7.75. The number of benzene rings is 2. The van der Waals surface area contributed by atoms with E-state index in [1.807, 2.05) is 67.1 Å². The van der Waals surface area contributed by atoms with Gasteiger partial charge in [-0.1, -0.05) is 60.3 Å². The van der Waals surface area contributed by atoms with Gasteiger partial charge in [0.2, 0.25) is 11.8 Å². The lowest BCUT2D eigenvalue weighted by atomic mass is 10.1. The summed E-state index contributed by atoms with van der Waals surface area (Å²) in [6.45, 7) is 3.88. The molecule has 7 heteroatoms. The Morgan fingerprint density at radius 3 is 2.52 bits per heavy atom. The highest BCUT2D eigenvalue weighted by atomic mass is 32.2. The standard InChI is InChI=1S/C24H26N4O2S/c1-17(13-14-19-9-5-3-6-10-19)25-21(29)15-27-22(30)16-31-24-23(27)18(2)26-28(24)20-11-7-4-8-12-20/h3-12,17H,13-16H2,1-2H3,(H,25,29). The largest absolute Gasteiger partial charge is 0.352 e. The van der Waals surface area contributed by atoms with Crippen LogP contribution in [0.4, 0.5) is 5.69 Å². The molecule has 2 aromatic carbocycles. The summed E-state index contributed by atoms with van der Waals surface area (Å²) in [6, 6.07) is 20.1. The third-order valence-electron chi connectivity index (χ3n) is 5.31. The van der Waals surface area contributed by atoms with Gasteiger partial charge >= 0.3 is 0 Å². The highest BCUT2D eigenvalue weighted by molar-refractivity contribution is 8.00. The summed E-state index contributed by atoms with van der Waals surface area (Å²) >= 11 is 1.47. The first kappa shape index (κ1) is 21.2. The molecule has 1 aliphatic heterocycles. The fraction of sp³-hybridized carbons (Fsp3) is 0.292. The zero-order valence-electron chi connectivity index (χ0n) is 17.7. The first-order chi connectivity index (χ1) is 15.0. The van der Waals surface area contributed by atoms with Gasteiger partial charge in [-0.25, -0.2) is 4.68 Å². The van der Waals surface area contributed by atoms with Crippen molar-refractivity contribution >= 4 is 29.3 Å². The molecule has 0 bridgehead atoms. The van der Waals surface area contributed by atoms with E-state index < -0.39 is 0 Å². The van der Waals surface area contributed by atoms with Crippen LogP contribution in [0.2, 0.25) is 0 Å². The van der Waals surface area contributed by atoms with E-state index in [1.165, 1.54) is 17.3 Å². The minimum absolute atomic E-state index is 0.00337. The van der Waals surface area contributed by atoms with Crippen LogP contribution in [0.1, 0.15) is 24.6 Å². The van der Waals surface area contributed by atoms with Gasteiger partial charge in [0, 0.05) is 6.04 Å². The maximum absolute atomic E-state index is 12.7. The van der Waals surface area contributed by atoms with E-state index in [0.717, 1.165) is 34.9 Å². The van der Waals surface area contributed by atoms with Crippen LogP contribution in [0.15, 0.2) is 65.7 Å². The number of fused-ring (bicyclic) bond motifs is 1. The molecule has 1 unspecified atom stereocenters. The molecule has 0 spiro atoms. The minimum Gasteiger partial charge on any atom is -0.352 e. The smallest absolute Gasteiger partial charge is 0.240 e. The number of thioether (sulfide) groups is 1. The summed E-state index contributed by atoms with van der Waals surface area (Å²) in [4.78, 5) is 27.0. The van der Waals surface area contributed by atoms with Crippen LogP contribution in [-0.2, 0) is 16.0 Å². The highest BCUT2D eigenvalue weighted by Gasteiger charge is 2.32. The molecule has 0 saturated heterocycles. The van der Waals surface area contributed by atoms with E-state index in [2.05, 4.69) is 22.5 Å². The van der Waals surface area contributed by atoms with E-state index in [9.17, 15) is 9.59 Å². The normalized spacial score (nSPS) is 14.3. The number of aromatic nitrogens is 2. The summed E-state index contributed by atoms with van der Waals surface area (Å²) in [5.41, 5.74) is 3.66. The third kappa shape index (κ3) is 4.82. The van der Waals surface area contributed by atoms with E-state index in [-0.39, 0.29) is 24.4 Å². The zero-order valence-corrected chi connectivity index (χ0v) is 18.6. The molecule has 1 aliphatic rings. The zero-order chi connectivity index (χ0) is 21.8. The molecule has 0 aliphatic carbocycles. The molecule has 31 heavy (non-hydrogen) atoms. The Morgan fingerprint density at radius 2 is 1.81 bits per heavy atom. The minimum atomic E-state index is -0.154. The first-order valence-electron chi connectivity index (χ1n) is 10.4. The monoisotopic (exact) mass is 434 g/mol. The predicted molar refractivity (Wildman–Crippen MR) is 124 cm³/mol. The van der Waals surface area contributed by atoms with Crippen molar-refractivity contribution in [2.24, 2.45) is 0 Å². The number of amides is 2. The number of rotatable bonds is 7. The van der Waals surface area contributed by atoms with Gasteiger partial charge < -0.3 is 5.32 Å². The van der Waals surface area contributed by atoms with Crippen molar-refractivity contribution in [2.75, 3.05) is 17.2 Å². The molecule has 3 aromatic rings. The summed E-state index contributed by atoms with van der Waals surface area (Å²) in [6.07, 6.45) is 1.74. The Bertz CT molecular complexity index is 1070. The predicted octanol–water partition coefficient (Wildman–Crippen LogP) is 3.76. The molecule has 0 saturated carbocycles. The maximum atomic E-state index is 12.7. The molecule has 2 heterocycles. The van der Waals surface area contributed by atoms with Crippen LogP contribution in [-0.4, -0.2) is 39.9 Å². The molecule has 0 fully saturated rings. The van der Waals surface area contributed by atoms with E-state index in [0.29, 0.717) is 5.75 Å². The average molecular weight is 435 g/mol. The molecule has 160 valence electrons. The summed E-state index contributed by atoms with van der Waals surface area (Å²) in [5.74, 6) is 0.0702. The van der Waals surface area contributed by atoms with Gasteiger partial charge in [-0.05, 0) is 44.4 Å². The van der Waals surface area contributed by atoms with Crippen molar-refractivity contribution < 1.29 is 9.59 Å². The van der Waals surface area contributed by atoms with Gasteiger partial charge in [0.25, 0.3) is 0 Å². The second kappa shape index (κ2) is 9.39. The quantitative estimate of drug-likeness (QED) is 0.615. The van der Waals surface area contributed by atoms with Crippen LogP contribution in [0.3, 0.4) is 0 Å². The van der Waals surface area contributed by atoms with Crippen LogP contribution < -0.4 is 10.2 Å². The number of carbonyl (C=O) groups excluding carboxylic acids is 2. The number of nitrogens with one attached hydrogen (secondary N) is 1. The molecule has 1 aromatic heterocycles. The topological polar surface area (TPSA) is 67.2 Å². The van der Waals surface area contributed by atoms with Gasteiger partial charge in [-0.2, -0.15) is 5.10 Å². The van der Waals surface area contributed by atoms with E-state index >= 15 is 0 Å². The molecule has 1 N–H and O–H groups in total. The summed E-state index contributed by atoms with van der Waals surface area (Å²) in [7, 11) is 0. The molecule has 1 atom stereocenters. The number of aryl methyl sites for hydroxylation is 2. The lowest BCUT2D eigenvalue weighted by molar-refractivity contribution is -0.123. The van der Waals surface area contributed by atoms with Gasteiger partial charge in [-0.3, -0.25) is 14.5 Å². The van der Waals surface area contributed by atoms with Gasteiger partial charge in [-0.15, -0.1) is 0 Å². The lowest BCUT2D eigenvalue weighted by Crippen LogP contribution is -2.45. The average Bonchev–Trinajstić information content (AvgIpc) is 3.12. The van der Waals surface area contributed by atoms with Crippen molar-refractivity contribution in [1.82, 2.24) is 15.1 Å². The van der Waals surface area contributed by atoms with Crippen molar-refractivity contribution in [3.8, 4) is 5.69 Å². The first-order valence-corrected chi connectivity index (χ1v) is 11.4. The molecule has 4 rings (SSSR count). The molecular formula is C24H26N4O2S. The fourth-order valence-electron chi connectivity index (χ4n) is 3.75. The Balaban J connectivity index is 1.45. The van der Waals surface area contributed by atoms with Crippen LogP contribution >= 0.6 is 11.8 Å². The molecule has 2 amide bonds. The second-order valence-corrected chi connectivity index (χ2v) is 8.71. The number of hydrogen-bond acceptors (Lipinski definition) is 4. The van der Waals surface area contributed by atoms with Gasteiger partial charge in [0.1, 0.15) is 11.6 Å². The van der Waals surface area contributed by atoms with Crippen LogP contribution in [0.5, 0.6) is 0 Å². The van der Waals surface area contributed by atoms with Crippen molar-refractivity contribution in [2.45, 2.75) is 37.8 Å². The van der Waals surface area contributed by atoms with E-state index in [1.54, 1.807) is 4.90 Å². The van der Waals surface area contributed by atoms with Gasteiger partial charge in [0.15, 0.2) is 0 Å². The fourth-order valence-corrected chi connectivity index (χ4v) is 4.83. The third-order valence-corrected chi connectivity index (χ3v) is 6.34. The number of para-hydroxylation sites is 1. The number of nitrogens with zero attached hydrogens (tertiary/aromatic N) is 3. The van der Waals surface area contributed by atoms with Crippen LogP contribution in [0.25, 0.3) is 5.69 Å². The number of hydrogen-bond donors (Lipinski definition) is 1.